The zero-order chi connectivity index (χ0) is 20.3. The third-order valence-corrected chi connectivity index (χ3v) is 6.81. The van der Waals surface area contributed by atoms with Crippen molar-refractivity contribution in [2.45, 2.75) is 42.7 Å². The van der Waals surface area contributed by atoms with Gasteiger partial charge in [-0.3, -0.25) is 0 Å². The maximum atomic E-state index is 12.9. The molecular weight excluding hydrogens is 428 g/mol. The molecule has 0 saturated heterocycles. The first-order chi connectivity index (χ1) is 13.3. The van der Waals surface area contributed by atoms with Crippen LogP contribution in [0.4, 0.5) is 4.39 Å². The molecule has 2 aromatic rings. The number of rotatable bonds is 6. The van der Waals surface area contributed by atoms with Crippen molar-refractivity contribution in [1.29, 1.82) is 0 Å². The van der Waals surface area contributed by atoms with Crippen LogP contribution >= 0.6 is 23.2 Å². The fourth-order valence-corrected chi connectivity index (χ4v) is 5.22. The zero-order valence-corrected chi connectivity index (χ0v) is 17.2. The summed E-state index contributed by atoms with van der Waals surface area (Å²) in [5, 5.41) is 10.4. The van der Waals surface area contributed by atoms with Crippen LogP contribution < -0.4 is 9.46 Å². The lowest BCUT2D eigenvalue weighted by Crippen LogP contribution is -2.38. The van der Waals surface area contributed by atoms with Crippen LogP contribution in [0.25, 0.3) is 11.1 Å². The molecule has 1 aliphatic carbocycles. The molecule has 3 rings (SSSR count). The minimum Gasteiger partial charge on any atom is -0.461 e. The summed E-state index contributed by atoms with van der Waals surface area (Å²) in [6, 6.07) is 9.02. The smallest absolute Gasteiger partial charge is 0.244 e. The molecule has 0 radical (unpaired) electrons. The topological polar surface area (TPSA) is 75.6 Å². The summed E-state index contributed by atoms with van der Waals surface area (Å²) in [5.74, 6) is -0.102. The fourth-order valence-electron chi connectivity index (χ4n) is 3.27. The van der Waals surface area contributed by atoms with Gasteiger partial charge >= 0.3 is 0 Å². The van der Waals surface area contributed by atoms with E-state index in [1.165, 1.54) is 12.1 Å². The van der Waals surface area contributed by atoms with E-state index in [0.717, 1.165) is 0 Å². The first-order valence-corrected chi connectivity index (χ1v) is 11.0. The second kappa shape index (κ2) is 8.97. The molecule has 0 aromatic heterocycles. The number of hydrogen-bond donors (Lipinski definition) is 2. The van der Waals surface area contributed by atoms with E-state index in [2.05, 4.69) is 4.72 Å². The number of alkyl halides is 1. The first-order valence-electron chi connectivity index (χ1n) is 8.79. The van der Waals surface area contributed by atoms with Gasteiger partial charge in [-0.15, -0.1) is 0 Å². The number of halogens is 3. The molecule has 1 saturated carbocycles. The average molecular weight is 448 g/mol. The Kier molecular flexibility index (Phi) is 6.83. The van der Waals surface area contributed by atoms with Crippen molar-refractivity contribution in [2.24, 2.45) is 0 Å². The third kappa shape index (κ3) is 4.96. The van der Waals surface area contributed by atoms with Crippen LogP contribution in [0.5, 0.6) is 5.75 Å². The van der Waals surface area contributed by atoms with Crippen LogP contribution in [0.1, 0.15) is 25.7 Å². The molecule has 2 aromatic carbocycles. The van der Waals surface area contributed by atoms with Crippen LogP contribution in [-0.4, -0.2) is 32.5 Å². The first kappa shape index (κ1) is 21.3. The minimum atomic E-state index is -3.92. The summed E-state index contributed by atoms with van der Waals surface area (Å²) in [5.41, 5.74) is 1.19. The number of aliphatic hydroxyl groups is 1. The molecule has 2 N–H and O–H groups in total. The van der Waals surface area contributed by atoms with Gasteiger partial charge < -0.3 is 9.84 Å². The predicted molar refractivity (Wildman–Crippen MR) is 107 cm³/mol. The standard InChI is InChI=1S/C19H20Cl2FNO4S/c20-13-2-7-16(17(21)10-13)12-1-8-19(18(9-12)27-11-22)28(25,26)23-14-3-5-15(24)6-4-14/h1-2,7-10,14-15,23-24H,3-6,11H2. The van der Waals surface area contributed by atoms with Crippen molar-refractivity contribution in [2.75, 3.05) is 6.86 Å². The second-order valence-corrected chi connectivity index (χ2v) is 9.19. The van der Waals surface area contributed by atoms with Crippen molar-refractivity contribution < 1.29 is 22.7 Å². The van der Waals surface area contributed by atoms with Gasteiger partial charge in [0, 0.05) is 21.7 Å². The lowest BCUT2D eigenvalue weighted by atomic mass is 9.94. The Labute approximate surface area is 173 Å². The molecule has 0 amide bonds. The normalized spacial score (nSPS) is 20.1. The lowest BCUT2D eigenvalue weighted by Gasteiger charge is -2.26. The molecule has 152 valence electrons. The Morgan fingerprint density at radius 2 is 1.82 bits per heavy atom. The van der Waals surface area contributed by atoms with E-state index in [0.29, 0.717) is 46.9 Å². The van der Waals surface area contributed by atoms with E-state index in [9.17, 15) is 17.9 Å². The summed E-state index contributed by atoms with van der Waals surface area (Å²) in [4.78, 5) is -0.148. The molecule has 0 spiro atoms. The van der Waals surface area contributed by atoms with Gasteiger partial charge in [0.15, 0.2) is 0 Å². The quantitative estimate of drug-likeness (QED) is 0.680. The van der Waals surface area contributed by atoms with Crippen molar-refractivity contribution in [3.8, 4) is 16.9 Å². The van der Waals surface area contributed by atoms with E-state index in [4.69, 9.17) is 27.9 Å². The molecule has 0 heterocycles. The molecule has 0 bridgehead atoms. The minimum absolute atomic E-state index is 0.102. The van der Waals surface area contributed by atoms with Crippen molar-refractivity contribution in [3.05, 3.63) is 46.4 Å². The van der Waals surface area contributed by atoms with Gasteiger partial charge in [-0.2, -0.15) is 0 Å². The maximum absolute atomic E-state index is 12.9. The van der Waals surface area contributed by atoms with Crippen molar-refractivity contribution >= 4 is 33.2 Å². The number of hydrogen-bond acceptors (Lipinski definition) is 4. The van der Waals surface area contributed by atoms with Gasteiger partial charge in [0.2, 0.25) is 16.9 Å². The Morgan fingerprint density at radius 3 is 2.46 bits per heavy atom. The molecule has 0 aliphatic heterocycles. The van der Waals surface area contributed by atoms with E-state index in [1.54, 1.807) is 24.3 Å². The number of nitrogens with one attached hydrogen (secondary N) is 1. The number of benzene rings is 2. The highest BCUT2D eigenvalue weighted by atomic mass is 35.5. The molecule has 1 aliphatic rings. The van der Waals surface area contributed by atoms with Crippen molar-refractivity contribution in [1.82, 2.24) is 4.72 Å². The summed E-state index contributed by atoms with van der Waals surface area (Å²) in [7, 11) is -3.92. The van der Waals surface area contributed by atoms with Crippen LogP contribution in [0.2, 0.25) is 10.0 Å². The predicted octanol–water partition coefficient (Wildman–Crippen LogP) is 4.55. The van der Waals surface area contributed by atoms with E-state index in [1.807, 2.05) is 0 Å². The number of aliphatic hydroxyl groups excluding tert-OH is 1. The van der Waals surface area contributed by atoms with Crippen LogP contribution in [-0.2, 0) is 10.0 Å². The fraction of sp³-hybridized carbons (Fsp3) is 0.368. The van der Waals surface area contributed by atoms with Gasteiger partial charge in [-0.25, -0.2) is 17.5 Å². The lowest BCUT2D eigenvalue weighted by molar-refractivity contribution is 0.120. The molecule has 5 nitrogen and oxygen atoms in total. The molecular formula is C19H20Cl2FNO4S. The Hall–Kier alpha value is -1.38. The highest BCUT2D eigenvalue weighted by Crippen LogP contribution is 2.35. The number of sulfonamides is 1. The van der Waals surface area contributed by atoms with E-state index in [-0.39, 0.29) is 16.7 Å². The summed E-state index contributed by atoms with van der Waals surface area (Å²) < 4.78 is 46.1. The van der Waals surface area contributed by atoms with Crippen LogP contribution in [0.3, 0.4) is 0 Å². The largest absolute Gasteiger partial charge is 0.461 e. The Morgan fingerprint density at radius 1 is 1.11 bits per heavy atom. The SMILES string of the molecule is O=S(=O)(NC1CCC(O)CC1)c1ccc(-c2ccc(Cl)cc2Cl)cc1OCF. The summed E-state index contributed by atoms with van der Waals surface area (Å²) in [6.07, 6.45) is 1.76. The highest BCUT2D eigenvalue weighted by Gasteiger charge is 2.27. The molecule has 0 atom stereocenters. The average Bonchev–Trinajstić information content (AvgIpc) is 2.63. The van der Waals surface area contributed by atoms with Gasteiger partial charge in [0.05, 0.1) is 6.10 Å². The van der Waals surface area contributed by atoms with E-state index < -0.39 is 23.0 Å². The Bertz CT molecular complexity index is 947. The van der Waals surface area contributed by atoms with Gasteiger partial charge in [-0.05, 0) is 55.5 Å². The zero-order valence-electron chi connectivity index (χ0n) is 14.9. The second-order valence-electron chi connectivity index (χ2n) is 6.67. The number of ether oxygens (including phenoxy) is 1. The molecule has 28 heavy (non-hydrogen) atoms. The van der Waals surface area contributed by atoms with Gasteiger partial charge in [-0.1, -0.05) is 35.3 Å². The molecule has 0 unspecified atom stereocenters. The third-order valence-electron chi connectivity index (χ3n) is 4.70. The van der Waals surface area contributed by atoms with Gasteiger partial charge in [0.1, 0.15) is 10.6 Å². The van der Waals surface area contributed by atoms with Crippen molar-refractivity contribution in [3.63, 3.8) is 0 Å². The molecule has 1 fully saturated rings. The summed E-state index contributed by atoms with van der Waals surface area (Å²) in [6.45, 7) is -1.17. The maximum Gasteiger partial charge on any atom is 0.244 e. The monoisotopic (exact) mass is 447 g/mol. The Balaban J connectivity index is 1.92. The highest BCUT2D eigenvalue weighted by molar-refractivity contribution is 7.89. The van der Waals surface area contributed by atoms with E-state index >= 15 is 0 Å². The molecule has 9 heteroatoms. The van der Waals surface area contributed by atoms with Crippen LogP contribution in [0.15, 0.2) is 41.3 Å². The summed E-state index contributed by atoms with van der Waals surface area (Å²) >= 11 is 12.1. The van der Waals surface area contributed by atoms with Crippen LogP contribution in [0, 0.1) is 0 Å². The van der Waals surface area contributed by atoms with Gasteiger partial charge in [0.25, 0.3) is 0 Å².